The van der Waals surface area contributed by atoms with Crippen molar-refractivity contribution in [2.45, 2.75) is 5.25 Å². The molecule has 1 N–H and O–H groups in total. The van der Waals surface area contributed by atoms with Crippen LogP contribution in [-0.4, -0.2) is 16.9 Å². The van der Waals surface area contributed by atoms with Crippen molar-refractivity contribution < 1.29 is 14.3 Å². The van der Waals surface area contributed by atoms with Crippen LogP contribution in [0.4, 0.5) is 5.69 Å². The van der Waals surface area contributed by atoms with Gasteiger partial charge in [0, 0.05) is 11.2 Å². The molecule has 5 nitrogen and oxygen atoms in total. The van der Waals surface area contributed by atoms with Crippen LogP contribution in [0.2, 0.25) is 0 Å². The first kappa shape index (κ1) is 22.5. The molecule has 0 aromatic heterocycles. The molecule has 1 aliphatic carbocycles. The molecule has 1 saturated heterocycles. The molecule has 176 valence electrons. The smallest absolute Gasteiger partial charge is 0.270 e. The number of hydrogen-bond donors (Lipinski definition) is 1. The van der Waals surface area contributed by atoms with Crippen molar-refractivity contribution in [3.05, 3.63) is 119 Å². The number of allylic oxidation sites excluding steroid dienone is 3. The average Bonchev–Trinajstić information content (AvgIpc) is 3.31. The molecule has 2 amide bonds. The van der Waals surface area contributed by atoms with E-state index in [1.165, 1.54) is 16.0 Å². The third-order valence-corrected chi connectivity index (χ3v) is 7.87. The van der Waals surface area contributed by atoms with E-state index in [1.54, 1.807) is 42.1 Å². The predicted molar refractivity (Wildman–Crippen MR) is 147 cm³/mol. The van der Waals surface area contributed by atoms with Gasteiger partial charge in [-0.2, -0.15) is 0 Å². The molecule has 3 aromatic carbocycles. The van der Waals surface area contributed by atoms with E-state index in [9.17, 15) is 9.59 Å². The van der Waals surface area contributed by atoms with Crippen molar-refractivity contribution in [1.82, 2.24) is 5.32 Å². The molecule has 0 radical (unpaired) electrons. The van der Waals surface area contributed by atoms with Gasteiger partial charge in [0.05, 0.1) is 5.69 Å². The van der Waals surface area contributed by atoms with Gasteiger partial charge in [0.25, 0.3) is 11.8 Å². The van der Waals surface area contributed by atoms with Gasteiger partial charge in [-0.1, -0.05) is 54.6 Å². The minimum absolute atomic E-state index is 0.0537. The van der Waals surface area contributed by atoms with Crippen LogP contribution < -0.4 is 15.0 Å². The van der Waals surface area contributed by atoms with Crippen LogP contribution in [0.15, 0.2) is 108 Å². The summed E-state index contributed by atoms with van der Waals surface area (Å²) in [6, 6.07) is 24.8. The van der Waals surface area contributed by atoms with Gasteiger partial charge in [-0.25, -0.2) is 0 Å². The molecule has 0 spiro atoms. The minimum atomic E-state index is -0.486. The number of hydrogen-bond acceptors (Lipinski definition) is 5. The second-order valence-corrected chi connectivity index (χ2v) is 9.96. The lowest BCUT2D eigenvalue weighted by atomic mass is 9.84. The largest absolute Gasteiger partial charge is 0.457 e. The third kappa shape index (κ3) is 4.06. The first-order chi connectivity index (χ1) is 17.6. The van der Waals surface area contributed by atoms with E-state index >= 15 is 0 Å². The Bertz CT molecular complexity index is 1480. The Balaban J connectivity index is 1.25. The van der Waals surface area contributed by atoms with E-state index < -0.39 is 11.8 Å². The molecule has 0 saturated carbocycles. The number of para-hydroxylation sites is 1. The van der Waals surface area contributed by atoms with Gasteiger partial charge in [0.15, 0.2) is 5.11 Å². The van der Waals surface area contributed by atoms with Gasteiger partial charge in [0.2, 0.25) is 0 Å². The number of carbonyl (C=O) groups excluding carboxylic acids is 2. The van der Waals surface area contributed by atoms with E-state index in [2.05, 4.69) is 29.6 Å². The first-order valence-corrected chi connectivity index (χ1v) is 12.8. The maximum absolute atomic E-state index is 13.5. The Morgan fingerprint density at radius 3 is 2.44 bits per heavy atom. The van der Waals surface area contributed by atoms with Crippen molar-refractivity contribution in [2.24, 2.45) is 5.92 Å². The molecule has 2 unspecified atom stereocenters. The zero-order valence-electron chi connectivity index (χ0n) is 19.0. The molecule has 1 fully saturated rings. The van der Waals surface area contributed by atoms with E-state index in [0.29, 0.717) is 17.2 Å². The summed E-state index contributed by atoms with van der Waals surface area (Å²) in [5.41, 5.74) is 4.02. The van der Waals surface area contributed by atoms with E-state index in [4.69, 9.17) is 17.0 Å². The summed E-state index contributed by atoms with van der Waals surface area (Å²) < 4.78 is 5.84. The first-order valence-electron chi connectivity index (χ1n) is 11.5. The van der Waals surface area contributed by atoms with Crippen LogP contribution in [0.5, 0.6) is 11.5 Å². The fraction of sp³-hybridized carbons (Fsp3) is 0.0690. The summed E-state index contributed by atoms with van der Waals surface area (Å²) in [4.78, 5) is 27.7. The second kappa shape index (κ2) is 9.26. The Labute approximate surface area is 218 Å². The number of thioether (sulfide) groups is 1. The number of nitrogens with one attached hydrogen (secondary N) is 1. The highest BCUT2D eigenvalue weighted by molar-refractivity contribution is 8.02. The van der Waals surface area contributed by atoms with Gasteiger partial charge in [0.1, 0.15) is 17.1 Å². The van der Waals surface area contributed by atoms with Crippen LogP contribution in [-0.2, 0) is 9.59 Å². The zero-order chi connectivity index (χ0) is 24.6. The number of benzene rings is 3. The summed E-state index contributed by atoms with van der Waals surface area (Å²) in [7, 11) is 0. The highest BCUT2D eigenvalue weighted by atomic mass is 32.2. The van der Waals surface area contributed by atoms with Crippen LogP contribution in [0, 0.1) is 5.92 Å². The van der Waals surface area contributed by atoms with Crippen LogP contribution in [0.1, 0.15) is 16.4 Å². The van der Waals surface area contributed by atoms with Crippen molar-refractivity contribution in [3.8, 4) is 11.5 Å². The quantitative estimate of drug-likeness (QED) is 0.260. The lowest BCUT2D eigenvalue weighted by molar-refractivity contribution is -0.122. The zero-order valence-corrected chi connectivity index (χ0v) is 20.6. The van der Waals surface area contributed by atoms with Crippen LogP contribution >= 0.6 is 24.0 Å². The summed E-state index contributed by atoms with van der Waals surface area (Å²) >= 11 is 7.07. The number of amides is 2. The molecule has 6 rings (SSSR count). The lowest BCUT2D eigenvalue weighted by Gasteiger charge is -2.29. The standard InChI is InChI=1S/C29H20N2O3S2/c32-27-25(16-19-17-36-26-23-9-5-4-6-18(23)10-15-24(19)26)28(33)31(29(35)30-27)20-11-13-22(14-12-20)34-21-7-2-1-3-8-21/h1-17,24,26H,(H,30,32,35)/b25-16+. The molecular formula is C29H20N2O3S2. The number of rotatable bonds is 4. The number of nitrogens with zero attached hydrogens (tertiary/aromatic N) is 1. The van der Waals surface area contributed by atoms with Crippen molar-refractivity contribution >= 4 is 52.7 Å². The summed E-state index contributed by atoms with van der Waals surface area (Å²) in [5.74, 6) is 0.501. The minimum Gasteiger partial charge on any atom is -0.457 e. The highest BCUT2D eigenvalue weighted by Gasteiger charge is 2.37. The van der Waals surface area contributed by atoms with Crippen molar-refractivity contribution in [2.75, 3.05) is 4.90 Å². The fourth-order valence-electron chi connectivity index (χ4n) is 4.57. The maximum atomic E-state index is 13.5. The molecule has 2 heterocycles. The highest BCUT2D eigenvalue weighted by Crippen LogP contribution is 2.51. The Morgan fingerprint density at radius 2 is 1.64 bits per heavy atom. The molecular weight excluding hydrogens is 488 g/mol. The lowest BCUT2D eigenvalue weighted by Crippen LogP contribution is -2.54. The maximum Gasteiger partial charge on any atom is 0.270 e. The van der Waals surface area contributed by atoms with Crippen LogP contribution in [0.3, 0.4) is 0 Å². The number of fused-ring (bicyclic) bond motifs is 3. The molecule has 7 heteroatoms. The molecule has 2 atom stereocenters. The molecule has 2 aliphatic heterocycles. The van der Waals surface area contributed by atoms with Crippen molar-refractivity contribution in [3.63, 3.8) is 0 Å². The predicted octanol–water partition coefficient (Wildman–Crippen LogP) is 6.17. The Morgan fingerprint density at radius 1 is 0.917 bits per heavy atom. The second-order valence-electron chi connectivity index (χ2n) is 8.56. The van der Waals surface area contributed by atoms with Gasteiger partial charge in [-0.05, 0) is 76.8 Å². The molecule has 3 aromatic rings. The summed E-state index contributed by atoms with van der Waals surface area (Å²) in [6.45, 7) is 0. The van der Waals surface area contributed by atoms with E-state index in [1.807, 2.05) is 47.9 Å². The summed E-state index contributed by atoms with van der Waals surface area (Å²) in [6.07, 6.45) is 5.96. The van der Waals surface area contributed by atoms with Gasteiger partial charge >= 0.3 is 0 Å². The average molecular weight is 509 g/mol. The Hall–Kier alpha value is -3.94. The number of carbonyl (C=O) groups is 2. The van der Waals surface area contributed by atoms with Crippen LogP contribution in [0.25, 0.3) is 6.08 Å². The number of thiocarbonyl (C=S) groups is 1. The summed E-state index contributed by atoms with van der Waals surface area (Å²) in [5, 5.41) is 5.00. The number of anilines is 1. The monoisotopic (exact) mass is 508 g/mol. The molecule has 0 bridgehead atoms. The van der Waals surface area contributed by atoms with Gasteiger partial charge < -0.3 is 4.74 Å². The Kier molecular flexibility index (Phi) is 5.79. The third-order valence-electron chi connectivity index (χ3n) is 6.33. The topological polar surface area (TPSA) is 58.6 Å². The van der Waals surface area contributed by atoms with Gasteiger partial charge in [-0.3, -0.25) is 19.8 Å². The molecule has 3 aliphatic rings. The fourth-order valence-corrected chi connectivity index (χ4v) is 6.16. The number of ether oxygens (including phenoxy) is 1. The SMILES string of the molecule is O=C1NC(=S)N(c2ccc(Oc3ccccc3)cc2)C(=O)/C1=C/C1=CSC2c3ccccc3C=CC12. The normalized spacial score (nSPS) is 21.7. The van der Waals surface area contributed by atoms with E-state index in [0.717, 1.165) is 5.57 Å². The van der Waals surface area contributed by atoms with E-state index in [-0.39, 0.29) is 21.9 Å². The van der Waals surface area contributed by atoms with Crippen molar-refractivity contribution in [1.29, 1.82) is 0 Å². The molecule has 36 heavy (non-hydrogen) atoms. The van der Waals surface area contributed by atoms with Gasteiger partial charge in [-0.15, -0.1) is 11.8 Å².